The molecule has 0 radical (unpaired) electrons. The number of carbonyl (C=O) groups is 3. The molecule has 0 spiro atoms. The van der Waals surface area contributed by atoms with E-state index in [1.54, 1.807) is 12.1 Å². The van der Waals surface area contributed by atoms with Crippen LogP contribution in [0.3, 0.4) is 0 Å². The van der Waals surface area contributed by atoms with Crippen molar-refractivity contribution < 1.29 is 29.3 Å². The van der Waals surface area contributed by atoms with E-state index in [2.05, 4.69) is 10.6 Å². The number of aliphatic hydroxyl groups is 1. The molecule has 1 heterocycles. The van der Waals surface area contributed by atoms with Gasteiger partial charge in [-0.1, -0.05) is 60.7 Å². The lowest BCUT2D eigenvalue weighted by atomic mass is 9.97. The van der Waals surface area contributed by atoms with Gasteiger partial charge in [-0.05, 0) is 68.5 Å². The average molecular weight is 606 g/mol. The second-order valence-electron chi connectivity index (χ2n) is 11.3. The number of rotatable bonds is 11. The number of nitrogens with one attached hydrogen (secondary N) is 2. The molecule has 228 valence electrons. The van der Waals surface area contributed by atoms with E-state index in [9.17, 15) is 24.6 Å². The van der Waals surface area contributed by atoms with Crippen molar-refractivity contribution in [1.82, 2.24) is 15.5 Å². The van der Waals surface area contributed by atoms with Crippen LogP contribution in [0.4, 0.5) is 0 Å². The zero-order valence-corrected chi connectivity index (χ0v) is 25.7. The molecule has 3 aromatic rings. The van der Waals surface area contributed by atoms with Crippen molar-refractivity contribution in [3.05, 3.63) is 95.1 Å². The van der Waals surface area contributed by atoms with Gasteiger partial charge in [0.2, 0.25) is 5.91 Å². The molecule has 4 rings (SSSR count). The predicted molar refractivity (Wildman–Crippen MR) is 167 cm³/mol. The van der Waals surface area contributed by atoms with Crippen LogP contribution in [-0.2, 0) is 27.3 Å². The molecule has 0 aromatic heterocycles. The Hall–Kier alpha value is -4.02. The summed E-state index contributed by atoms with van der Waals surface area (Å²) in [5, 5.41) is 26.6. The summed E-state index contributed by atoms with van der Waals surface area (Å²) in [6.45, 7) is 7.49. The van der Waals surface area contributed by atoms with Crippen LogP contribution in [0.2, 0.25) is 0 Å². The van der Waals surface area contributed by atoms with E-state index in [0.717, 1.165) is 22.3 Å². The van der Waals surface area contributed by atoms with Crippen molar-refractivity contribution in [2.45, 2.75) is 63.6 Å². The highest BCUT2D eigenvalue weighted by atomic mass is 32.2. The van der Waals surface area contributed by atoms with E-state index >= 15 is 0 Å². The summed E-state index contributed by atoms with van der Waals surface area (Å²) in [6, 6.07) is 19.7. The average Bonchev–Trinajstić information content (AvgIpc) is 3.30. The number of amides is 3. The van der Waals surface area contributed by atoms with Crippen molar-refractivity contribution >= 4 is 29.5 Å². The maximum Gasteiger partial charge on any atom is 0.258 e. The summed E-state index contributed by atoms with van der Waals surface area (Å²) < 4.78 is 5.19. The number of thioether (sulfide) groups is 1. The van der Waals surface area contributed by atoms with Gasteiger partial charge in [0.1, 0.15) is 17.5 Å². The molecular weight excluding hydrogens is 566 g/mol. The van der Waals surface area contributed by atoms with Crippen LogP contribution in [0.15, 0.2) is 72.8 Å². The molecule has 3 atom stereocenters. The molecule has 1 saturated heterocycles. The smallest absolute Gasteiger partial charge is 0.258 e. The molecule has 43 heavy (non-hydrogen) atoms. The number of aliphatic hydroxyl groups excluding tert-OH is 1. The van der Waals surface area contributed by atoms with E-state index in [1.807, 2.05) is 76.2 Å². The lowest BCUT2D eigenvalue weighted by molar-refractivity contribution is -0.148. The number of nitrogens with zero attached hydrogens (tertiary/aromatic N) is 1. The minimum Gasteiger partial charge on any atom is -0.508 e. The topological polar surface area (TPSA) is 128 Å². The molecule has 0 bridgehead atoms. The summed E-state index contributed by atoms with van der Waals surface area (Å²) in [4.78, 5) is 41.7. The first-order valence-corrected chi connectivity index (χ1v) is 15.1. The standard InChI is InChI=1S/C33H39N3O6S/c1-21-9-8-10-22(2)29(21)42-19-27(38)35-26(17-23-11-6-5-7-12-23)28(39)32(41)36-20-43-33(3,4)30(36)31(40)34-18-24-13-15-25(37)16-14-24/h5-16,26,28,30,37,39H,17-20H2,1-4H3,(H,34,40)(H,35,38)/t26-,28-,30+/m0/s1. The van der Waals surface area contributed by atoms with Gasteiger partial charge < -0.3 is 30.5 Å². The fraction of sp³-hybridized carbons (Fsp3) is 0.364. The van der Waals surface area contributed by atoms with Gasteiger partial charge in [-0.25, -0.2) is 0 Å². The third kappa shape index (κ3) is 8.09. The minimum absolute atomic E-state index is 0.128. The van der Waals surface area contributed by atoms with Crippen molar-refractivity contribution in [1.29, 1.82) is 0 Å². The molecule has 10 heteroatoms. The number of phenolic OH excluding ortho intramolecular Hbond substituents is 1. The molecule has 1 fully saturated rings. The Morgan fingerprint density at radius 3 is 2.28 bits per heavy atom. The molecule has 1 aliphatic heterocycles. The fourth-order valence-electron chi connectivity index (χ4n) is 5.18. The number of ether oxygens (including phenoxy) is 1. The van der Waals surface area contributed by atoms with Crippen molar-refractivity contribution in [2.75, 3.05) is 12.5 Å². The molecule has 3 amide bonds. The maximum absolute atomic E-state index is 13.8. The van der Waals surface area contributed by atoms with Gasteiger partial charge in [0.25, 0.3) is 11.8 Å². The monoisotopic (exact) mass is 605 g/mol. The predicted octanol–water partition coefficient (Wildman–Crippen LogP) is 3.47. The summed E-state index contributed by atoms with van der Waals surface area (Å²) >= 11 is 1.44. The number of hydrogen-bond acceptors (Lipinski definition) is 7. The molecule has 1 aliphatic rings. The lowest BCUT2D eigenvalue weighted by Crippen LogP contribution is -2.59. The van der Waals surface area contributed by atoms with Crippen LogP contribution in [0.25, 0.3) is 0 Å². The highest BCUT2D eigenvalue weighted by Crippen LogP contribution is 2.40. The summed E-state index contributed by atoms with van der Waals surface area (Å²) in [5.41, 5.74) is 3.41. The number of para-hydroxylation sites is 1. The fourth-order valence-corrected chi connectivity index (χ4v) is 6.32. The van der Waals surface area contributed by atoms with Gasteiger partial charge in [-0.2, -0.15) is 0 Å². The van der Waals surface area contributed by atoms with Crippen LogP contribution in [-0.4, -0.2) is 68.3 Å². The molecule has 0 unspecified atom stereocenters. The quantitative estimate of drug-likeness (QED) is 0.264. The minimum atomic E-state index is -1.61. The first-order chi connectivity index (χ1) is 20.5. The Morgan fingerprint density at radius 2 is 1.63 bits per heavy atom. The van der Waals surface area contributed by atoms with Crippen LogP contribution in [0.1, 0.15) is 36.1 Å². The second kappa shape index (κ2) is 14.0. The summed E-state index contributed by atoms with van der Waals surface area (Å²) in [7, 11) is 0. The number of hydrogen-bond donors (Lipinski definition) is 4. The highest BCUT2D eigenvalue weighted by Gasteiger charge is 2.49. The third-order valence-electron chi connectivity index (χ3n) is 7.52. The Morgan fingerprint density at radius 1 is 0.977 bits per heavy atom. The molecule has 9 nitrogen and oxygen atoms in total. The number of phenols is 1. The SMILES string of the molecule is Cc1cccc(C)c1OCC(=O)N[C@@H](Cc1ccccc1)[C@H](O)C(=O)N1CSC(C)(C)[C@H]1C(=O)NCc1ccc(O)cc1. The van der Waals surface area contributed by atoms with Crippen LogP contribution >= 0.6 is 11.8 Å². The van der Waals surface area contributed by atoms with Gasteiger partial charge in [0, 0.05) is 11.3 Å². The first kappa shape index (κ1) is 31.9. The van der Waals surface area contributed by atoms with Gasteiger partial charge in [0.05, 0.1) is 11.9 Å². The van der Waals surface area contributed by atoms with Crippen molar-refractivity contribution in [3.63, 3.8) is 0 Å². The van der Waals surface area contributed by atoms with Gasteiger partial charge >= 0.3 is 0 Å². The second-order valence-corrected chi connectivity index (χ2v) is 12.9. The van der Waals surface area contributed by atoms with Crippen molar-refractivity contribution in [3.8, 4) is 11.5 Å². The lowest BCUT2D eigenvalue weighted by Gasteiger charge is -2.33. The van der Waals surface area contributed by atoms with Gasteiger partial charge in [0.15, 0.2) is 12.7 Å². The van der Waals surface area contributed by atoms with E-state index in [1.165, 1.54) is 28.8 Å². The Balaban J connectivity index is 1.48. The Kier molecular flexibility index (Phi) is 10.4. The largest absolute Gasteiger partial charge is 0.508 e. The Labute approximate surface area is 256 Å². The van der Waals surface area contributed by atoms with E-state index in [4.69, 9.17) is 4.74 Å². The number of aromatic hydroxyl groups is 1. The van der Waals surface area contributed by atoms with Crippen molar-refractivity contribution in [2.24, 2.45) is 0 Å². The van der Waals surface area contributed by atoms with Gasteiger partial charge in [-0.15, -0.1) is 11.8 Å². The normalized spacial score (nSPS) is 17.1. The van der Waals surface area contributed by atoms with Gasteiger partial charge in [-0.3, -0.25) is 14.4 Å². The van der Waals surface area contributed by atoms with Crippen LogP contribution < -0.4 is 15.4 Å². The first-order valence-electron chi connectivity index (χ1n) is 14.2. The summed E-state index contributed by atoms with van der Waals surface area (Å²) in [5.74, 6) is -0.514. The number of carbonyl (C=O) groups excluding carboxylic acids is 3. The van der Waals surface area contributed by atoms with E-state index < -0.39 is 34.7 Å². The zero-order valence-electron chi connectivity index (χ0n) is 24.9. The highest BCUT2D eigenvalue weighted by molar-refractivity contribution is 8.00. The number of aryl methyl sites for hydroxylation is 2. The number of benzene rings is 3. The third-order valence-corrected chi connectivity index (χ3v) is 8.89. The maximum atomic E-state index is 13.8. The molecular formula is C33H39N3O6S. The summed E-state index contributed by atoms with van der Waals surface area (Å²) in [6.07, 6.45) is -1.41. The van der Waals surface area contributed by atoms with Crippen LogP contribution in [0, 0.1) is 13.8 Å². The molecule has 3 aromatic carbocycles. The van der Waals surface area contributed by atoms with Crippen LogP contribution in [0.5, 0.6) is 11.5 Å². The zero-order chi connectivity index (χ0) is 31.1. The molecule has 4 N–H and O–H groups in total. The molecule has 0 saturated carbocycles. The Bertz CT molecular complexity index is 1410. The van der Waals surface area contributed by atoms with E-state index in [0.29, 0.717) is 5.75 Å². The molecule has 0 aliphatic carbocycles. The van der Waals surface area contributed by atoms with E-state index in [-0.39, 0.29) is 37.1 Å².